The standard InChI is InChI=1S/C13H17N3OS/c1-4-5-16-9(3)6-8(2)11(12(16)17)10-7-18-13(14)15-10/h6-7H,4-5H2,1-3H3,(H2,14,15). The molecule has 2 aromatic rings. The van der Waals surface area contributed by atoms with Crippen molar-refractivity contribution in [1.29, 1.82) is 0 Å². The number of hydrogen-bond acceptors (Lipinski definition) is 4. The summed E-state index contributed by atoms with van der Waals surface area (Å²) in [6.45, 7) is 6.70. The van der Waals surface area contributed by atoms with Crippen molar-refractivity contribution < 1.29 is 0 Å². The van der Waals surface area contributed by atoms with Crippen LogP contribution in [0.3, 0.4) is 0 Å². The quantitative estimate of drug-likeness (QED) is 0.925. The van der Waals surface area contributed by atoms with E-state index in [9.17, 15) is 4.79 Å². The van der Waals surface area contributed by atoms with Gasteiger partial charge in [0, 0.05) is 17.6 Å². The first-order valence-electron chi connectivity index (χ1n) is 5.97. The van der Waals surface area contributed by atoms with E-state index in [2.05, 4.69) is 11.9 Å². The van der Waals surface area contributed by atoms with Gasteiger partial charge in [-0.15, -0.1) is 11.3 Å². The lowest BCUT2D eigenvalue weighted by atomic mass is 10.1. The Bertz CT molecular complexity index is 628. The molecular weight excluding hydrogens is 246 g/mol. The Morgan fingerprint density at radius 3 is 2.72 bits per heavy atom. The fraction of sp³-hybridized carbons (Fsp3) is 0.385. The summed E-state index contributed by atoms with van der Waals surface area (Å²) < 4.78 is 1.80. The van der Waals surface area contributed by atoms with Gasteiger partial charge in [0.15, 0.2) is 5.13 Å². The molecule has 0 fully saturated rings. The Labute approximate surface area is 110 Å². The number of rotatable bonds is 3. The first-order valence-corrected chi connectivity index (χ1v) is 6.85. The zero-order chi connectivity index (χ0) is 13.3. The van der Waals surface area contributed by atoms with E-state index in [1.54, 1.807) is 4.57 Å². The molecular formula is C13H17N3OS. The number of aromatic nitrogens is 2. The maximum atomic E-state index is 12.5. The van der Waals surface area contributed by atoms with E-state index in [4.69, 9.17) is 5.73 Å². The van der Waals surface area contributed by atoms with Crippen molar-refractivity contribution in [3.05, 3.63) is 33.1 Å². The molecule has 0 radical (unpaired) electrons. The summed E-state index contributed by atoms with van der Waals surface area (Å²) in [6.07, 6.45) is 0.933. The minimum atomic E-state index is 0.0275. The second-order valence-corrected chi connectivity index (χ2v) is 5.26. The van der Waals surface area contributed by atoms with Crippen LogP contribution in [0, 0.1) is 13.8 Å². The summed E-state index contributed by atoms with van der Waals surface area (Å²) in [7, 11) is 0. The molecule has 0 saturated carbocycles. The molecule has 0 aliphatic rings. The third kappa shape index (κ3) is 2.18. The van der Waals surface area contributed by atoms with Crippen molar-refractivity contribution >= 4 is 16.5 Å². The van der Waals surface area contributed by atoms with E-state index in [0.29, 0.717) is 16.4 Å². The molecule has 0 aromatic carbocycles. The van der Waals surface area contributed by atoms with Crippen molar-refractivity contribution in [3.63, 3.8) is 0 Å². The lowest BCUT2D eigenvalue weighted by Crippen LogP contribution is -2.24. The van der Waals surface area contributed by atoms with Crippen molar-refractivity contribution in [2.45, 2.75) is 33.7 Å². The number of hydrogen-bond donors (Lipinski definition) is 1. The van der Waals surface area contributed by atoms with Gasteiger partial charge in [-0.2, -0.15) is 0 Å². The number of anilines is 1. The highest BCUT2D eigenvalue weighted by molar-refractivity contribution is 7.13. The fourth-order valence-electron chi connectivity index (χ4n) is 2.14. The van der Waals surface area contributed by atoms with Gasteiger partial charge in [-0.05, 0) is 31.9 Å². The highest BCUT2D eigenvalue weighted by atomic mass is 32.1. The average Bonchev–Trinajstić information content (AvgIpc) is 2.70. The summed E-state index contributed by atoms with van der Waals surface area (Å²) in [5.41, 5.74) is 8.97. The number of thiazole rings is 1. The van der Waals surface area contributed by atoms with Crippen LogP contribution in [0.25, 0.3) is 11.3 Å². The second kappa shape index (κ2) is 4.94. The van der Waals surface area contributed by atoms with Gasteiger partial charge < -0.3 is 10.3 Å². The third-order valence-corrected chi connectivity index (χ3v) is 3.60. The van der Waals surface area contributed by atoms with Crippen LogP contribution in [-0.2, 0) is 6.54 Å². The normalized spacial score (nSPS) is 10.8. The van der Waals surface area contributed by atoms with Crippen LogP contribution >= 0.6 is 11.3 Å². The van der Waals surface area contributed by atoms with E-state index in [1.807, 2.05) is 25.3 Å². The maximum absolute atomic E-state index is 12.5. The summed E-state index contributed by atoms with van der Waals surface area (Å²) >= 11 is 1.36. The van der Waals surface area contributed by atoms with E-state index in [0.717, 1.165) is 24.2 Å². The van der Waals surface area contributed by atoms with Gasteiger partial charge in [0.25, 0.3) is 5.56 Å². The van der Waals surface area contributed by atoms with Gasteiger partial charge >= 0.3 is 0 Å². The zero-order valence-electron chi connectivity index (χ0n) is 10.9. The Kier molecular flexibility index (Phi) is 3.52. The summed E-state index contributed by atoms with van der Waals surface area (Å²) in [5.74, 6) is 0. The monoisotopic (exact) mass is 263 g/mol. The van der Waals surface area contributed by atoms with Gasteiger partial charge in [-0.25, -0.2) is 4.98 Å². The van der Waals surface area contributed by atoms with Crippen molar-refractivity contribution in [1.82, 2.24) is 9.55 Å². The molecule has 0 bridgehead atoms. The molecule has 0 aliphatic heterocycles. The SMILES string of the molecule is CCCn1c(C)cc(C)c(-c2csc(N)n2)c1=O. The summed E-state index contributed by atoms with van der Waals surface area (Å²) in [5, 5.41) is 2.33. The molecule has 0 amide bonds. The van der Waals surface area contributed by atoms with Gasteiger partial charge in [0.05, 0.1) is 11.3 Å². The second-order valence-electron chi connectivity index (χ2n) is 4.37. The zero-order valence-corrected chi connectivity index (χ0v) is 11.7. The molecule has 0 atom stereocenters. The van der Waals surface area contributed by atoms with Gasteiger partial charge in [0.2, 0.25) is 0 Å². The Hall–Kier alpha value is -1.62. The van der Waals surface area contributed by atoms with E-state index in [-0.39, 0.29) is 5.56 Å². The van der Waals surface area contributed by atoms with Crippen LogP contribution in [0.5, 0.6) is 0 Å². The first kappa shape index (κ1) is 12.8. The van der Waals surface area contributed by atoms with Crippen molar-refractivity contribution in [3.8, 4) is 11.3 Å². The Morgan fingerprint density at radius 1 is 1.44 bits per heavy atom. The van der Waals surface area contributed by atoms with Gasteiger partial charge in [0.1, 0.15) is 0 Å². The molecule has 0 aliphatic carbocycles. The average molecular weight is 263 g/mol. The topological polar surface area (TPSA) is 60.9 Å². The highest BCUT2D eigenvalue weighted by Gasteiger charge is 2.14. The predicted molar refractivity (Wildman–Crippen MR) is 76.0 cm³/mol. The fourth-order valence-corrected chi connectivity index (χ4v) is 2.70. The Morgan fingerprint density at radius 2 is 2.17 bits per heavy atom. The van der Waals surface area contributed by atoms with E-state index < -0.39 is 0 Å². The highest BCUT2D eigenvalue weighted by Crippen LogP contribution is 2.23. The van der Waals surface area contributed by atoms with Crippen LogP contribution in [0.4, 0.5) is 5.13 Å². The lowest BCUT2D eigenvalue weighted by molar-refractivity contribution is 0.635. The number of pyridine rings is 1. The number of nitrogens with two attached hydrogens (primary N) is 1. The largest absolute Gasteiger partial charge is 0.375 e. The molecule has 2 rings (SSSR count). The van der Waals surface area contributed by atoms with Crippen LogP contribution in [0.1, 0.15) is 24.6 Å². The molecule has 18 heavy (non-hydrogen) atoms. The minimum Gasteiger partial charge on any atom is -0.375 e. The number of nitrogen functional groups attached to an aromatic ring is 1. The van der Waals surface area contributed by atoms with Gasteiger partial charge in [-0.3, -0.25) is 4.79 Å². The van der Waals surface area contributed by atoms with Gasteiger partial charge in [-0.1, -0.05) is 6.92 Å². The molecule has 0 saturated heterocycles. The van der Waals surface area contributed by atoms with Crippen molar-refractivity contribution in [2.75, 3.05) is 5.73 Å². The molecule has 96 valence electrons. The molecule has 5 heteroatoms. The smallest absolute Gasteiger partial charge is 0.260 e. The van der Waals surface area contributed by atoms with Crippen LogP contribution in [0.15, 0.2) is 16.2 Å². The predicted octanol–water partition coefficient (Wildman–Crippen LogP) is 2.58. The molecule has 2 N–H and O–H groups in total. The van der Waals surface area contributed by atoms with E-state index >= 15 is 0 Å². The minimum absolute atomic E-state index is 0.0275. The van der Waals surface area contributed by atoms with E-state index in [1.165, 1.54) is 11.3 Å². The molecule has 0 unspecified atom stereocenters. The number of aryl methyl sites for hydroxylation is 2. The molecule has 4 nitrogen and oxygen atoms in total. The molecule has 2 heterocycles. The molecule has 2 aromatic heterocycles. The van der Waals surface area contributed by atoms with Crippen LogP contribution < -0.4 is 11.3 Å². The Balaban J connectivity index is 2.67. The third-order valence-electron chi connectivity index (χ3n) is 2.93. The number of nitrogens with zero attached hydrogens (tertiary/aromatic N) is 2. The van der Waals surface area contributed by atoms with Crippen molar-refractivity contribution in [2.24, 2.45) is 0 Å². The molecule has 0 spiro atoms. The summed E-state index contributed by atoms with van der Waals surface area (Å²) in [4.78, 5) is 16.7. The first-order chi connectivity index (χ1) is 8.54. The maximum Gasteiger partial charge on any atom is 0.260 e. The lowest BCUT2D eigenvalue weighted by Gasteiger charge is -2.12. The van der Waals surface area contributed by atoms with Crippen LogP contribution in [0.2, 0.25) is 0 Å². The van der Waals surface area contributed by atoms with Crippen LogP contribution in [-0.4, -0.2) is 9.55 Å². The summed E-state index contributed by atoms with van der Waals surface area (Å²) in [6, 6.07) is 2.03.